The van der Waals surface area contributed by atoms with Crippen molar-refractivity contribution >= 4 is 11.8 Å². The maximum Gasteiger partial charge on any atom is 0.272 e. The van der Waals surface area contributed by atoms with E-state index in [0.29, 0.717) is 31.4 Å². The van der Waals surface area contributed by atoms with Crippen molar-refractivity contribution in [2.24, 2.45) is 0 Å². The van der Waals surface area contributed by atoms with Gasteiger partial charge in [-0.3, -0.25) is 19.5 Å². The molecule has 0 aromatic carbocycles. The minimum atomic E-state index is -0.0299. The summed E-state index contributed by atoms with van der Waals surface area (Å²) in [6.07, 6.45) is 3.85. The number of pyridine rings is 1. The highest BCUT2D eigenvalue weighted by atomic mass is 16.2. The van der Waals surface area contributed by atoms with Gasteiger partial charge in [-0.2, -0.15) is 0 Å². The van der Waals surface area contributed by atoms with Gasteiger partial charge in [0.2, 0.25) is 5.91 Å². The number of nitrogens with one attached hydrogen (secondary N) is 1. The summed E-state index contributed by atoms with van der Waals surface area (Å²) in [6.45, 7) is 3.19. The molecule has 1 N–H and O–H groups in total. The first-order valence-corrected chi connectivity index (χ1v) is 7.44. The Morgan fingerprint density at radius 1 is 1.19 bits per heavy atom. The summed E-state index contributed by atoms with van der Waals surface area (Å²) < 4.78 is 0. The van der Waals surface area contributed by atoms with Gasteiger partial charge >= 0.3 is 0 Å². The number of carbonyl (C=O) groups is 2. The third kappa shape index (κ3) is 3.78. The highest BCUT2D eigenvalue weighted by molar-refractivity contribution is 5.92. The zero-order chi connectivity index (χ0) is 14.7. The highest BCUT2D eigenvalue weighted by Gasteiger charge is 2.26. The van der Waals surface area contributed by atoms with E-state index in [4.69, 9.17) is 0 Å². The largest absolute Gasteiger partial charge is 0.352 e. The quantitative estimate of drug-likeness (QED) is 0.854. The van der Waals surface area contributed by atoms with E-state index in [1.165, 1.54) is 0 Å². The first kappa shape index (κ1) is 14.0. The van der Waals surface area contributed by atoms with Crippen molar-refractivity contribution in [1.29, 1.82) is 0 Å². The fraction of sp³-hybridized carbons (Fsp3) is 0.533. The average molecular weight is 288 g/mol. The molecule has 1 aliphatic heterocycles. The first-order valence-electron chi connectivity index (χ1n) is 7.44. The van der Waals surface area contributed by atoms with Crippen LogP contribution in [0.1, 0.15) is 23.3 Å². The van der Waals surface area contributed by atoms with Gasteiger partial charge in [0.05, 0.1) is 6.54 Å². The number of piperazine rings is 1. The molecule has 0 atom stereocenters. The molecule has 1 saturated heterocycles. The summed E-state index contributed by atoms with van der Waals surface area (Å²) in [5.74, 6) is 0.0692. The van der Waals surface area contributed by atoms with Crippen LogP contribution in [0, 0.1) is 0 Å². The van der Waals surface area contributed by atoms with Gasteiger partial charge in [0.15, 0.2) is 0 Å². The second-order valence-electron chi connectivity index (χ2n) is 5.63. The molecule has 1 aromatic rings. The van der Waals surface area contributed by atoms with E-state index in [2.05, 4.69) is 15.2 Å². The van der Waals surface area contributed by atoms with Gasteiger partial charge in [-0.15, -0.1) is 0 Å². The van der Waals surface area contributed by atoms with Crippen molar-refractivity contribution in [3.63, 3.8) is 0 Å². The van der Waals surface area contributed by atoms with Crippen LogP contribution >= 0.6 is 0 Å². The topological polar surface area (TPSA) is 65.5 Å². The Balaban J connectivity index is 1.46. The van der Waals surface area contributed by atoms with Crippen molar-refractivity contribution in [2.75, 3.05) is 32.7 Å². The predicted molar refractivity (Wildman–Crippen MR) is 77.7 cm³/mol. The third-order valence-corrected chi connectivity index (χ3v) is 3.85. The Morgan fingerprint density at radius 2 is 1.95 bits per heavy atom. The van der Waals surface area contributed by atoms with Crippen LogP contribution in [0.3, 0.4) is 0 Å². The molecule has 3 rings (SSSR count). The Bertz CT molecular complexity index is 508. The lowest BCUT2D eigenvalue weighted by Crippen LogP contribution is -2.51. The molecule has 2 fully saturated rings. The molecule has 6 nitrogen and oxygen atoms in total. The van der Waals surface area contributed by atoms with Gasteiger partial charge in [-0.1, -0.05) is 6.07 Å². The molecule has 0 unspecified atom stereocenters. The molecule has 0 bridgehead atoms. The molecule has 6 heteroatoms. The molecule has 112 valence electrons. The normalized spacial score (nSPS) is 19.3. The van der Waals surface area contributed by atoms with Crippen LogP contribution in [0.25, 0.3) is 0 Å². The van der Waals surface area contributed by atoms with Crippen LogP contribution in [0.5, 0.6) is 0 Å². The Hall–Kier alpha value is -1.95. The van der Waals surface area contributed by atoms with Gasteiger partial charge in [0, 0.05) is 38.4 Å². The fourth-order valence-corrected chi connectivity index (χ4v) is 2.46. The first-order chi connectivity index (χ1) is 10.2. The average Bonchev–Trinajstić information content (AvgIpc) is 3.32. The summed E-state index contributed by atoms with van der Waals surface area (Å²) in [5, 5.41) is 2.99. The molecule has 2 amide bonds. The fourth-order valence-electron chi connectivity index (χ4n) is 2.46. The summed E-state index contributed by atoms with van der Waals surface area (Å²) in [7, 11) is 0. The molecular weight excluding hydrogens is 268 g/mol. The molecular formula is C15H20N4O2. The number of hydrogen-bond donors (Lipinski definition) is 1. The van der Waals surface area contributed by atoms with Crippen LogP contribution in [-0.4, -0.2) is 65.4 Å². The zero-order valence-corrected chi connectivity index (χ0v) is 12.0. The predicted octanol–water partition coefficient (Wildman–Crippen LogP) is 0.118. The Morgan fingerprint density at radius 3 is 2.57 bits per heavy atom. The van der Waals surface area contributed by atoms with E-state index in [0.717, 1.165) is 25.9 Å². The molecule has 21 heavy (non-hydrogen) atoms. The number of hydrogen-bond acceptors (Lipinski definition) is 4. The Labute approximate surface area is 124 Å². The standard InChI is InChI=1S/C15H20N4O2/c20-14(17-12-4-5-12)11-18-7-9-19(10-8-18)15(21)13-3-1-2-6-16-13/h1-3,6,12H,4-5,7-11H2,(H,17,20). The molecule has 1 saturated carbocycles. The van der Waals surface area contributed by atoms with Crippen molar-refractivity contribution in [3.05, 3.63) is 30.1 Å². The molecule has 0 spiro atoms. The second-order valence-corrected chi connectivity index (χ2v) is 5.63. The lowest BCUT2D eigenvalue weighted by Gasteiger charge is -2.34. The highest BCUT2D eigenvalue weighted by Crippen LogP contribution is 2.18. The minimum absolute atomic E-state index is 0.0299. The lowest BCUT2D eigenvalue weighted by molar-refractivity contribution is -0.122. The van der Waals surface area contributed by atoms with Crippen LogP contribution in [-0.2, 0) is 4.79 Å². The summed E-state index contributed by atoms with van der Waals surface area (Å²) >= 11 is 0. The van der Waals surface area contributed by atoms with Crippen LogP contribution < -0.4 is 5.32 Å². The summed E-state index contributed by atoms with van der Waals surface area (Å²) in [4.78, 5) is 32.0. The van der Waals surface area contributed by atoms with E-state index in [1.807, 2.05) is 6.07 Å². The van der Waals surface area contributed by atoms with E-state index in [-0.39, 0.29) is 11.8 Å². The Kier molecular flexibility index (Phi) is 4.15. The number of nitrogens with zero attached hydrogens (tertiary/aromatic N) is 3. The van der Waals surface area contributed by atoms with Gasteiger partial charge < -0.3 is 10.2 Å². The molecule has 1 aromatic heterocycles. The number of rotatable bonds is 4. The van der Waals surface area contributed by atoms with Gasteiger partial charge in [-0.05, 0) is 25.0 Å². The van der Waals surface area contributed by atoms with E-state index >= 15 is 0 Å². The summed E-state index contributed by atoms with van der Waals surface area (Å²) in [5.41, 5.74) is 0.484. The number of carbonyl (C=O) groups excluding carboxylic acids is 2. The van der Waals surface area contributed by atoms with E-state index < -0.39 is 0 Å². The van der Waals surface area contributed by atoms with E-state index in [1.54, 1.807) is 23.2 Å². The summed E-state index contributed by atoms with van der Waals surface area (Å²) in [6, 6.07) is 5.76. The SMILES string of the molecule is O=C(CN1CCN(C(=O)c2ccccn2)CC1)NC1CC1. The molecule has 2 aliphatic rings. The van der Waals surface area contributed by atoms with Crippen molar-refractivity contribution < 1.29 is 9.59 Å². The molecule has 2 heterocycles. The van der Waals surface area contributed by atoms with E-state index in [9.17, 15) is 9.59 Å². The number of aromatic nitrogens is 1. The van der Waals surface area contributed by atoms with Crippen molar-refractivity contribution in [1.82, 2.24) is 20.1 Å². The van der Waals surface area contributed by atoms with Crippen LogP contribution in [0.2, 0.25) is 0 Å². The van der Waals surface area contributed by atoms with Crippen molar-refractivity contribution in [3.8, 4) is 0 Å². The smallest absolute Gasteiger partial charge is 0.272 e. The third-order valence-electron chi connectivity index (χ3n) is 3.85. The molecule has 0 radical (unpaired) electrons. The lowest BCUT2D eigenvalue weighted by atomic mass is 10.2. The van der Waals surface area contributed by atoms with Gasteiger partial charge in [0.1, 0.15) is 5.69 Å². The minimum Gasteiger partial charge on any atom is -0.352 e. The van der Waals surface area contributed by atoms with Gasteiger partial charge in [0.25, 0.3) is 5.91 Å². The van der Waals surface area contributed by atoms with Crippen molar-refractivity contribution in [2.45, 2.75) is 18.9 Å². The van der Waals surface area contributed by atoms with Gasteiger partial charge in [-0.25, -0.2) is 0 Å². The second kappa shape index (κ2) is 6.22. The maximum atomic E-state index is 12.2. The van der Waals surface area contributed by atoms with Crippen LogP contribution in [0.4, 0.5) is 0 Å². The van der Waals surface area contributed by atoms with Crippen LogP contribution in [0.15, 0.2) is 24.4 Å². The maximum absolute atomic E-state index is 12.2. The monoisotopic (exact) mass is 288 g/mol. The molecule has 1 aliphatic carbocycles. The number of amides is 2. The zero-order valence-electron chi connectivity index (χ0n) is 12.0.